The van der Waals surface area contributed by atoms with E-state index in [0.717, 1.165) is 6.42 Å². The normalized spacial score (nSPS) is 13.9. The third-order valence-electron chi connectivity index (χ3n) is 2.45. The molecule has 1 aromatic heterocycles. The number of ether oxygens (including phenoxy) is 2. The standard InChI is InChI=1S/C10H17ClN4O2/c1-5-10(2,6-11)15-7-12-8(16-3)14-9(13-7)17-4/h5-6H2,1-4H3,(H,12,13,14,15). The van der Waals surface area contributed by atoms with Crippen molar-refractivity contribution >= 4 is 17.5 Å². The Bertz CT molecular complexity index is 349. The first-order chi connectivity index (χ1) is 8.06. The molecular weight excluding hydrogens is 244 g/mol. The number of halogens is 1. The first kappa shape index (κ1) is 13.8. The van der Waals surface area contributed by atoms with Crippen LogP contribution in [0.5, 0.6) is 12.0 Å². The molecule has 0 amide bonds. The van der Waals surface area contributed by atoms with Crippen LogP contribution in [-0.4, -0.2) is 40.6 Å². The summed E-state index contributed by atoms with van der Waals surface area (Å²) in [5.41, 5.74) is -0.279. The molecule has 1 N–H and O–H groups in total. The molecule has 96 valence electrons. The fraction of sp³-hybridized carbons (Fsp3) is 0.700. The molecule has 0 radical (unpaired) electrons. The predicted octanol–water partition coefficient (Wildman–Crippen LogP) is 1.71. The first-order valence-electron chi connectivity index (χ1n) is 5.25. The van der Waals surface area contributed by atoms with Crippen LogP contribution < -0.4 is 14.8 Å². The van der Waals surface area contributed by atoms with Crippen LogP contribution in [-0.2, 0) is 0 Å². The van der Waals surface area contributed by atoms with Gasteiger partial charge < -0.3 is 14.8 Å². The molecule has 0 aliphatic heterocycles. The van der Waals surface area contributed by atoms with Crippen LogP contribution >= 0.6 is 11.6 Å². The minimum Gasteiger partial charge on any atom is -0.467 e. The van der Waals surface area contributed by atoms with E-state index in [2.05, 4.69) is 20.3 Å². The zero-order valence-corrected chi connectivity index (χ0v) is 11.2. The molecule has 0 bridgehead atoms. The predicted molar refractivity (Wildman–Crippen MR) is 66.0 cm³/mol. The van der Waals surface area contributed by atoms with Crippen molar-refractivity contribution in [2.75, 3.05) is 25.4 Å². The lowest BCUT2D eigenvalue weighted by atomic mass is 10.0. The Morgan fingerprint density at radius 2 is 1.71 bits per heavy atom. The molecule has 0 saturated carbocycles. The van der Waals surface area contributed by atoms with Gasteiger partial charge >= 0.3 is 12.0 Å². The van der Waals surface area contributed by atoms with E-state index in [0.29, 0.717) is 11.8 Å². The fourth-order valence-electron chi connectivity index (χ4n) is 1.06. The van der Waals surface area contributed by atoms with E-state index < -0.39 is 0 Å². The highest BCUT2D eigenvalue weighted by Gasteiger charge is 2.22. The molecule has 0 spiro atoms. The van der Waals surface area contributed by atoms with Gasteiger partial charge in [0.15, 0.2) is 0 Å². The summed E-state index contributed by atoms with van der Waals surface area (Å²) in [5, 5.41) is 3.15. The van der Waals surface area contributed by atoms with Gasteiger partial charge in [0.2, 0.25) is 5.95 Å². The van der Waals surface area contributed by atoms with Gasteiger partial charge in [-0.25, -0.2) is 0 Å². The van der Waals surface area contributed by atoms with E-state index in [1.165, 1.54) is 14.2 Å². The highest BCUT2D eigenvalue weighted by molar-refractivity contribution is 6.18. The Hall–Kier alpha value is -1.30. The largest absolute Gasteiger partial charge is 0.467 e. The van der Waals surface area contributed by atoms with E-state index in [9.17, 15) is 0 Å². The average molecular weight is 261 g/mol. The quantitative estimate of drug-likeness (QED) is 0.786. The number of nitrogens with one attached hydrogen (secondary N) is 1. The molecule has 6 nitrogen and oxygen atoms in total. The van der Waals surface area contributed by atoms with Crippen LogP contribution in [0.15, 0.2) is 0 Å². The summed E-state index contributed by atoms with van der Waals surface area (Å²) >= 11 is 5.91. The molecule has 1 atom stereocenters. The van der Waals surface area contributed by atoms with Gasteiger partial charge in [-0.3, -0.25) is 0 Å². The van der Waals surface area contributed by atoms with Gasteiger partial charge in [-0.1, -0.05) is 6.92 Å². The molecule has 0 fully saturated rings. The summed E-state index contributed by atoms with van der Waals surface area (Å²) < 4.78 is 9.93. The Labute approximate surface area is 106 Å². The third-order valence-corrected chi connectivity index (χ3v) is 3.04. The highest BCUT2D eigenvalue weighted by Crippen LogP contribution is 2.19. The zero-order chi connectivity index (χ0) is 12.9. The second-order valence-corrected chi connectivity index (χ2v) is 4.07. The number of methoxy groups -OCH3 is 2. The summed E-state index contributed by atoms with van der Waals surface area (Å²) in [6.45, 7) is 4.02. The molecule has 1 unspecified atom stereocenters. The SMILES string of the molecule is CCC(C)(CCl)Nc1nc(OC)nc(OC)n1. The van der Waals surface area contributed by atoms with Crippen molar-refractivity contribution in [3.05, 3.63) is 0 Å². The van der Waals surface area contributed by atoms with E-state index in [-0.39, 0.29) is 17.6 Å². The van der Waals surface area contributed by atoms with Crippen LogP contribution in [0.2, 0.25) is 0 Å². The molecule has 1 heterocycles. The minimum absolute atomic E-state index is 0.201. The number of rotatable bonds is 6. The molecule has 7 heteroatoms. The van der Waals surface area contributed by atoms with Crippen LogP contribution in [0.1, 0.15) is 20.3 Å². The van der Waals surface area contributed by atoms with Gasteiger partial charge in [-0.15, -0.1) is 16.6 Å². The second-order valence-electron chi connectivity index (χ2n) is 3.81. The summed E-state index contributed by atoms with van der Waals surface area (Å²) in [7, 11) is 2.97. The van der Waals surface area contributed by atoms with Gasteiger partial charge in [0.1, 0.15) is 0 Å². The molecule has 0 aliphatic carbocycles. The van der Waals surface area contributed by atoms with Gasteiger partial charge in [-0.05, 0) is 13.3 Å². The molecule has 0 saturated heterocycles. The third kappa shape index (κ3) is 3.59. The summed E-state index contributed by atoms with van der Waals surface area (Å²) in [5.74, 6) is 0.832. The Kier molecular flexibility index (Phi) is 4.74. The smallest absolute Gasteiger partial charge is 0.324 e. The van der Waals surface area contributed by atoms with Crippen LogP contribution in [0.25, 0.3) is 0 Å². The number of anilines is 1. The fourth-order valence-corrected chi connectivity index (χ4v) is 1.32. The summed E-state index contributed by atoms with van der Waals surface area (Å²) in [6.07, 6.45) is 0.840. The van der Waals surface area contributed by atoms with E-state index in [1.807, 2.05) is 13.8 Å². The number of alkyl halides is 1. The van der Waals surface area contributed by atoms with Crippen molar-refractivity contribution in [3.63, 3.8) is 0 Å². The number of hydrogen-bond donors (Lipinski definition) is 1. The maximum absolute atomic E-state index is 5.91. The van der Waals surface area contributed by atoms with Crippen molar-refractivity contribution in [1.29, 1.82) is 0 Å². The van der Waals surface area contributed by atoms with Crippen LogP contribution in [0.3, 0.4) is 0 Å². The number of hydrogen-bond acceptors (Lipinski definition) is 6. The maximum Gasteiger partial charge on any atom is 0.324 e. The Morgan fingerprint density at radius 3 is 2.06 bits per heavy atom. The number of nitrogens with zero attached hydrogens (tertiary/aromatic N) is 3. The maximum atomic E-state index is 5.91. The van der Waals surface area contributed by atoms with Crippen molar-refractivity contribution in [2.24, 2.45) is 0 Å². The van der Waals surface area contributed by atoms with Crippen LogP contribution in [0.4, 0.5) is 5.95 Å². The Morgan fingerprint density at radius 1 is 1.18 bits per heavy atom. The topological polar surface area (TPSA) is 69.2 Å². The molecule has 0 aromatic carbocycles. The minimum atomic E-state index is -0.279. The van der Waals surface area contributed by atoms with Gasteiger partial charge in [0.25, 0.3) is 0 Å². The Balaban J connectivity index is 2.97. The summed E-state index contributed by atoms with van der Waals surface area (Å²) in [6, 6.07) is 0.403. The van der Waals surface area contributed by atoms with E-state index >= 15 is 0 Å². The van der Waals surface area contributed by atoms with E-state index in [4.69, 9.17) is 21.1 Å². The first-order valence-corrected chi connectivity index (χ1v) is 5.78. The average Bonchev–Trinajstić information content (AvgIpc) is 2.37. The monoisotopic (exact) mass is 260 g/mol. The highest BCUT2D eigenvalue weighted by atomic mass is 35.5. The van der Waals surface area contributed by atoms with Gasteiger partial charge in [0.05, 0.1) is 19.8 Å². The molecule has 1 rings (SSSR count). The summed E-state index contributed by atoms with van der Waals surface area (Å²) in [4.78, 5) is 12.1. The lowest BCUT2D eigenvalue weighted by Gasteiger charge is -2.26. The zero-order valence-electron chi connectivity index (χ0n) is 10.5. The van der Waals surface area contributed by atoms with Gasteiger partial charge in [-0.2, -0.15) is 9.97 Å². The van der Waals surface area contributed by atoms with Crippen molar-refractivity contribution in [3.8, 4) is 12.0 Å². The van der Waals surface area contributed by atoms with Crippen molar-refractivity contribution in [2.45, 2.75) is 25.8 Å². The molecule has 0 aliphatic rings. The van der Waals surface area contributed by atoms with E-state index in [1.54, 1.807) is 0 Å². The van der Waals surface area contributed by atoms with Crippen LogP contribution in [0, 0.1) is 0 Å². The molecular formula is C10H17ClN4O2. The second kappa shape index (κ2) is 5.86. The molecule has 1 aromatic rings. The lowest BCUT2D eigenvalue weighted by Crippen LogP contribution is -2.36. The van der Waals surface area contributed by atoms with Crippen molar-refractivity contribution < 1.29 is 9.47 Å². The van der Waals surface area contributed by atoms with Gasteiger partial charge in [0, 0.05) is 5.88 Å². The lowest BCUT2D eigenvalue weighted by molar-refractivity contribution is 0.340. The molecule has 17 heavy (non-hydrogen) atoms. The number of aromatic nitrogens is 3. The van der Waals surface area contributed by atoms with Crippen molar-refractivity contribution in [1.82, 2.24) is 15.0 Å².